The number of rotatable bonds is 1. The first-order valence-corrected chi connectivity index (χ1v) is 7.21. The fourth-order valence-electron chi connectivity index (χ4n) is 2.91. The molecule has 2 aliphatic heterocycles. The Morgan fingerprint density at radius 2 is 1.86 bits per heavy atom. The smallest absolute Gasteiger partial charge is 0.411 e. The van der Waals surface area contributed by atoms with Gasteiger partial charge in [-0.25, -0.2) is 9.59 Å². The maximum atomic E-state index is 12.3. The minimum Gasteiger partial charge on any atom is -0.467 e. The number of ether oxygens (including phenoxy) is 2. The predicted octanol–water partition coefficient (Wildman–Crippen LogP) is 0.214. The number of hydrogen-bond acceptors (Lipinski definition) is 6. The van der Waals surface area contributed by atoms with E-state index in [4.69, 9.17) is 9.47 Å². The number of methoxy groups -OCH3 is 1. The highest BCUT2D eigenvalue weighted by Crippen LogP contribution is 2.26. The van der Waals surface area contributed by atoms with Crippen LogP contribution in [0.4, 0.5) is 4.79 Å². The van der Waals surface area contributed by atoms with Gasteiger partial charge in [0.05, 0.1) is 13.2 Å². The molecule has 0 spiro atoms. The lowest BCUT2D eigenvalue weighted by Crippen LogP contribution is -2.61. The molecule has 1 N–H and O–H groups in total. The summed E-state index contributed by atoms with van der Waals surface area (Å²) in [6.07, 6.45) is -0.321. The molecule has 0 aromatic heterocycles. The Morgan fingerprint density at radius 3 is 2.43 bits per heavy atom. The van der Waals surface area contributed by atoms with Gasteiger partial charge >= 0.3 is 12.1 Å². The summed E-state index contributed by atoms with van der Waals surface area (Å²) >= 11 is 0. The van der Waals surface area contributed by atoms with Crippen LogP contribution in [0.15, 0.2) is 0 Å². The maximum absolute atomic E-state index is 12.3. The van der Waals surface area contributed by atoms with Crippen LogP contribution in [0.2, 0.25) is 0 Å². The second-order valence-corrected chi connectivity index (χ2v) is 6.67. The molecule has 21 heavy (non-hydrogen) atoms. The van der Waals surface area contributed by atoms with Gasteiger partial charge < -0.3 is 14.6 Å². The number of aliphatic hydroxyl groups excluding tert-OH is 1. The zero-order chi connectivity index (χ0) is 15.8. The number of carbonyl (C=O) groups is 2. The van der Waals surface area contributed by atoms with Crippen LogP contribution < -0.4 is 0 Å². The van der Waals surface area contributed by atoms with Crippen molar-refractivity contribution in [3.05, 3.63) is 0 Å². The molecule has 0 aromatic carbocycles. The summed E-state index contributed by atoms with van der Waals surface area (Å²) in [5.41, 5.74) is -0.621. The van der Waals surface area contributed by atoms with Crippen LogP contribution >= 0.6 is 0 Å². The van der Waals surface area contributed by atoms with Gasteiger partial charge in [-0.1, -0.05) is 0 Å². The molecular formula is C14H24N2O5. The van der Waals surface area contributed by atoms with Gasteiger partial charge in [0.1, 0.15) is 11.6 Å². The second kappa shape index (κ2) is 5.81. The summed E-state index contributed by atoms with van der Waals surface area (Å²) in [5.74, 6) is -0.458. The maximum Gasteiger partial charge on any atom is 0.411 e. The molecule has 0 saturated carbocycles. The zero-order valence-electron chi connectivity index (χ0n) is 13.0. The number of aliphatic hydroxyl groups is 1. The van der Waals surface area contributed by atoms with Gasteiger partial charge in [-0.3, -0.25) is 9.80 Å². The first kappa shape index (κ1) is 16.0. The lowest BCUT2D eigenvalue weighted by Gasteiger charge is -2.42. The summed E-state index contributed by atoms with van der Waals surface area (Å²) in [5, 5.41) is 9.76. The van der Waals surface area contributed by atoms with Gasteiger partial charge in [0.15, 0.2) is 0 Å². The molecular weight excluding hydrogens is 276 g/mol. The fraction of sp³-hybridized carbons (Fsp3) is 0.857. The molecule has 0 aromatic rings. The van der Waals surface area contributed by atoms with E-state index in [2.05, 4.69) is 0 Å². The van der Waals surface area contributed by atoms with E-state index in [1.165, 1.54) is 12.0 Å². The third-order valence-electron chi connectivity index (χ3n) is 3.80. The zero-order valence-corrected chi connectivity index (χ0v) is 13.0. The van der Waals surface area contributed by atoms with Gasteiger partial charge in [-0.05, 0) is 27.2 Å². The first-order chi connectivity index (χ1) is 9.71. The number of piperazine rings is 1. The largest absolute Gasteiger partial charge is 0.467 e. The minimum atomic E-state index is -0.689. The fourth-order valence-corrected chi connectivity index (χ4v) is 2.91. The summed E-state index contributed by atoms with van der Waals surface area (Å²) in [6.45, 7) is 6.62. The third-order valence-corrected chi connectivity index (χ3v) is 3.80. The van der Waals surface area contributed by atoms with Crippen molar-refractivity contribution in [1.82, 2.24) is 9.80 Å². The van der Waals surface area contributed by atoms with E-state index in [1.54, 1.807) is 20.8 Å². The lowest BCUT2D eigenvalue weighted by molar-refractivity contribution is -0.149. The predicted molar refractivity (Wildman–Crippen MR) is 74.7 cm³/mol. The second-order valence-electron chi connectivity index (χ2n) is 6.67. The average Bonchev–Trinajstić information content (AvgIpc) is 2.73. The van der Waals surface area contributed by atoms with Crippen molar-refractivity contribution in [3.63, 3.8) is 0 Å². The molecule has 0 unspecified atom stereocenters. The number of hydrogen-bond donors (Lipinski definition) is 1. The summed E-state index contributed by atoms with van der Waals surface area (Å²) in [7, 11) is 1.31. The Labute approximate surface area is 124 Å². The van der Waals surface area contributed by atoms with Gasteiger partial charge in [0, 0.05) is 25.7 Å². The van der Waals surface area contributed by atoms with Crippen molar-refractivity contribution in [3.8, 4) is 0 Å². The van der Waals surface area contributed by atoms with E-state index in [0.717, 1.165) is 0 Å². The van der Waals surface area contributed by atoms with E-state index in [1.807, 2.05) is 4.90 Å². The van der Waals surface area contributed by atoms with Crippen LogP contribution in [0.3, 0.4) is 0 Å². The topological polar surface area (TPSA) is 79.3 Å². The number of amides is 1. The van der Waals surface area contributed by atoms with Crippen LogP contribution in [0.1, 0.15) is 27.2 Å². The molecule has 0 aliphatic carbocycles. The molecule has 2 heterocycles. The summed E-state index contributed by atoms with van der Waals surface area (Å²) < 4.78 is 10.2. The number of esters is 1. The summed E-state index contributed by atoms with van der Waals surface area (Å²) in [6, 6.07) is -0.625. The third kappa shape index (κ3) is 3.65. The Bertz CT molecular complexity index is 420. The van der Waals surface area contributed by atoms with Crippen molar-refractivity contribution in [2.75, 3.05) is 26.7 Å². The molecule has 0 bridgehead atoms. The monoisotopic (exact) mass is 300 g/mol. The number of fused-ring (bicyclic) bond motifs is 1. The van der Waals surface area contributed by atoms with Crippen LogP contribution in [0.25, 0.3) is 0 Å². The summed E-state index contributed by atoms with van der Waals surface area (Å²) in [4.78, 5) is 27.7. The molecule has 3 atom stereocenters. The molecule has 2 aliphatic rings. The Balaban J connectivity index is 2.15. The SMILES string of the molecule is COC(=O)[C@@H]1CN2C[C@H](O)C[C@@H]2CN1C(=O)OC(C)(C)C. The van der Waals surface area contributed by atoms with Crippen molar-refractivity contribution < 1.29 is 24.2 Å². The number of carbonyl (C=O) groups excluding carboxylic acids is 2. The molecule has 2 fully saturated rings. The number of nitrogens with zero attached hydrogens (tertiary/aromatic N) is 2. The van der Waals surface area contributed by atoms with Crippen molar-refractivity contribution in [2.24, 2.45) is 0 Å². The van der Waals surface area contributed by atoms with Crippen molar-refractivity contribution >= 4 is 12.1 Å². The first-order valence-electron chi connectivity index (χ1n) is 7.21. The van der Waals surface area contributed by atoms with Gasteiger partial charge in [-0.2, -0.15) is 0 Å². The van der Waals surface area contributed by atoms with E-state index in [-0.39, 0.29) is 6.04 Å². The average molecular weight is 300 g/mol. The highest BCUT2D eigenvalue weighted by Gasteiger charge is 2.45. The van der Waals surface area contributed by atoms with E-state index in [9.17, 15) is 14.7 Å². The molecule has 0 radical (unpaired) electrons. The van der Waals surface area contributed by atoms with Crippen LogP contribution in [-0.4, -0.2) is 77.5 Å². The van der Waals surface area contributed by atoms with Crippen LogP contribution in [0.5, 0.6) is 0 Å². The standard InChI is InChI=1S/C14H24N2O5/c1-14(2,3)21-13(19)16-6-9-5-10(17)7-15(9)8-11(16)12(18)20-4/h9-11,17H,5-8H2,1-4H3/t9-,10-,11+/m1/s1. The van der Waals surface area contributed by atoms with E-state index >= 15 is 0 Å². The quantitative estimate of drug-likeness (QED) is 0.698. The molecule has 2 rings (SSSR count). The van der Waals surface area contributed by atoms with Gasteiger partial charge in [0.2, 0.25) is 0 Å². The Kier molecular flexibility index (Phi) is 4.43. The van der Waals surface area contributed by atoms with Crippen LogP contribution in [-0.2, 0) is 14.3 Å². The Hall–Kier alpha value is -1.34. The highest BCUT2D eigenvalue weighted by atomic mass is 16.6. The molecule has 7 heteroatoms. The van der Waals surface area contributed by atoms with E-state index < -0.39 is 29.8 Å². The van der Waals surface area contributed by atoms with E-state index in [0.29, 0.717) is 26.1 Å². The van der Waals surface area contributed by atoms with Crippen LogP contribution in [0, 0.1) is 0 Å². The minimum absolute atomic E-state index is 0.0634. The molecule has 120 valence electrons. The normalized spacial score (nSPS) is 30.0. The van der Waals surface area contributed by atoms with Crippen molar-refractivity contribution in [1.29, 1.82) is 0 Å². The lowest BCUT2D eigenvalue weighted by atomic mass is 10.1. The molecule has 2 saturated heterocycles. The molecule has 1 amide bonds. The van der Waals surface area contributed by atoms with Gasteiger partial charge in [-0.15, -0.1) is 0 Å². The highest BCUT2D eigenvalue weighted by molar-refractivity contribution is 5.82. The molecule has 7 nitrogen and oxygen atoms in total. The van der Waals surface area contributed by atoms with Crippen molar-refractivity contribution in [2.45, 2.75) is 51.0 Å². The Morgan fingerprint density at radius 1 is 1.19 bits per heavy atom. The van der Waals surface area contributed by atoms with Gasteiger partial charge in [0.25, 0.3) is 0 Å².